The van der Waals surface area contributed by atoms with Crippen LogP contribution in [0.3, 0.4) is 0 Å². The fraction of sp³-hybridized carbons (Fsp3) is 0.812. The molecule has 1 N–H and O–H groups in total. The minimum absolute atomic E-state index is 0.0623. The molecular weight excluding hydrogens is 250 g/mol. The van der Waals surface area contributed by atoms with Gasteiger partial charge in [0.15, 0.2) is 0 Å². The van der Waals surface area contributed by atoms with Gasteiger partial charge in [0.2, 0.25) is 0 Å². The van der Waals surface area contributed by atoms with Crippen molar-refractivity contribution in [1.82, 2.24) is 15.1 Å². The topological polar surface area (TPSA) is 39.1 Å². The molecule has 4 heteroatoms. The normalized spacial score (nSPS) is 26.4. The lowest BCUT2D eigenvalue weighted by molar-refractivity contribution is -0.0872. The highest BCUT2D eigenvalue weighted by molar-refractivity contribution is 5.06. The highest BCUT2D eigenvalue weighted by atomic mass is 16.5. The Labute approximate surface area is 122 Å². The molecule has 1 aromatic rings. The second-order valence-corrected chi connectivity index (χ2v) is 6.21. The van der Waals surface area contributed by atoms with Crippen molar-refractivity contribution in [3.8, 4) is 0 Å². The number of likely N-dealkylation sites (N-methyl/N-ethyl adjacent to an activating group) is 1. The van der Waals surface area contributed by atoms with Crippen molar-refractivity contribution in [3.05, 3.63) is 18.0 Å². The number of aromatic nitrogens is 2. The van der Waals surface area contributed by atoms with Gasteiger partial charge < -0.3 is 10.1 Å². The monoisotopic (exact) mass is 279 g/mol. The summed E-state index contributed by atoms with van der Waals surface area (Å²) in [6.45, 7) is 7.52. The average molecular weight is 279 g/mol. The van der Waals surface area contributed by atoms with Crippen LogP contribution in [0.2, 0.25) is 0 Å². The van der Waals surface area contributed by atoms with Crippen molar-refractivity contribution in [2.24, 2.45) is 0 Å². The molecule has 20 heavy (non-hydrogen) atoms. The molecule has 0 saturated carbocycles. The Morgan fingerprint density at radius 2 is 2.30 bits per heavy atom. The van der Waals surface area contributed by atoms with Gasteiger partial charge in [-0.15, -0.1) is 0 Å². The predicted octanol–water partition coefficient (Wildman–Crippen LogP) is 2.94. The summed E-state index contributed by atoms with van der Waals surface area (Å²) in [6.07, 6.45) is 7.71. The Morgan fingerprint density at radius 1 is 1.50 bits per heavy atom. The number of ether oxygens (including phenoxy) is 1. The lowest BCUT2D eigenvalue weighted by atomic mass is 9.86. The molecule has 4 nitrogen and oxygen atoms in total. The molecule has 0 spiro atoms. The summed E-state index contributed by atoms with van der Waals surface area (Å²) in [6, 6.07) is 2.93. The summed E-state index contributed by atoms with van der Waals surface area (Å²) < 4.78 is 8.14. The van der Waals surface area contributed by atoms with E-state index >= 15 is 0 Å². The van der Waals surface area contributed by atoms with E-state index in [9.17, 15) is 0 Å². The molecule has 0 bridgehead atoms. The van der Waals surface area contributed by atoms with E-state index in [4.69, 9.17) is 9.84 Å². The maximum absolute atomic E-state index is 6.07. The van der Waals surface area contributed by atoms with E-state index in [2.05, 4.69) is 43.0 Å². The van der Waals surface area contributed by atoms with E-state index in [1.165, 1.54) is 12.8 Å². The SMILES string of the molecule is CCC(C)n1ccc(CC(NC)C2(C)CCCCO2)n1. The molecule has 0 amide bonds. The van der Waals surface area contributed by atoms with Crippen molar-refractivity contribution < 1.29 is 4.74 Å². The molecule has 2 heterocycles. The van der Waals surface area contributed by atoms with Crippen molar-refractivity contribution in [2.45, 2.75) is 70.6 Å². The molecular formula is C16H29N3O. The van der Waals surface area contributed by atoms with Gasteiger partial charge in [0.25, 0.3) is 0 Å². The maximum Gasteiger partial charge on any atom is 0.0810 e. The van der Waals surface area contributed by atoms with Crippen molar-refractivity contribution in [3.63, 3.8) is 0 Å². The van der Waals surface area contributed by atoms with Crippen LogP contribution >= 0.6 is 0 Å². The van der Waals surface area contributed by atoms with Crippen LogP contribution in [0.4, 0.5) is 0 Å². The first-order chi connectivity index (χ1) is 9.59. The minimum Gasteiger partial charge on any atom is -0.374 e. The van der Waals surface area contributed by atoms with Crippen molar-refractivity contribution in [1.29, 1.82) is 0 Å². The molecule has 1 aromatic heterocycles. The summed E-state index contributed by atoms with van der Waals surface area (Å²) in [5.41, 5.74) is 1.09. The molecule has 3 atom stereocenters. The first kappa shape index (κ1) is 15.5. The second kappa shape index (κ2) is 6.72. The predicted molar refractivity (Wildman–Crippen MR) is 82.0 cm³/mol. The lowest BCUT2D eigenvalue weighted by Gasteiger charge is -2.40. The Kier molecular flexibility index (Phi) is 5.22. The average Bonchev–Trinajstić information content (AvgIpc) is 2.93. The molecule has 0 radical (unpaired) electrons. The summed E-state index contributed by atoms with van der Waals surface area (Å²) in [5.74, 6) is 0. The Balaban J connectivity index is 2.04. The van der Waals surface area contributed by atoms with Gasteiger partial charge in [0.05, 0.1) is 11.3 Å². The first-order valence-corrected chi connectivity index (χ1v) is 7.94. The highest BCUT2D eigenvalue weighted by Gasteiger charge is 2.36. The zero-order valence-electron chi connectivity index (χ0n) is 13.4. The Morgan fingerprint density at radius 3 is 2.90 bits per heavy atom. The summed E-state index contributed by atoms with van der Waals surface area (Å²) >= 11 is 0. The third-order valence-corrected chi connectivity index (χ3v) is 4.70. The molecule has 114 valence electrons. The van der Waals surface area contributed by atoms with Crippen LogP contribution in [0.1, 0.15) is 58.2 Å². The minimum atomic E-state index is -0.0623. The van der Waals surface area contributed by atoms with Crippen LogP contribution in [0, 0.1) is 0 Å². The van der Waals surface area contributed by atoms with E-state index in [0.29, 0.717) is 12.1 Å². The van der Waals surface area contributed by atoms with Crippen LogP contribution < -0.4 is 5.32 Å². The molecule has 0 aliphatic carbocycles. The van der Waals surface area contributed by atoms with Crippen LogP contribution in [0.25, 0.3) is 0 Å². The maximum atomic E-state index is 6.07. The summed E-state index contributed by atoms with van der Waals surface area (Å²) in [4.78, 5) is 0. The van der Waals surface area contributed by atoms with Gasteiger partial charge in [-0.05, 0) is 52.6 Å². The van der Waals surface area contributed by atoms with Gasteiger partial charge in [0.1, 0.15) is 0 Å². The summed E-state index contributed by atoms with van der Waals surface area (Å²) in [5, 5.41) is 8.15. The highest BCUT2D eigenvalue weighted by Crippen LogP contribution is 2.29. The van der Waals surface area contributed by atoms with Gasteiger partial charge in [0, 0.05) is 31.3 Å². The van der Waals surface area contributed by atoms with E-state index in [0.717, 1.165) is 31.6 Å². The largest absolute Gasteiger partial charge is 0.374 e. The Bertz CT molecular complexity index is 410. The molecule has 1 fully saturated rings. The zero-order valence-corrected chi connectivity index (χ0v) is 13.4. The third-order valence-electron chi connectivity index (χ3n) is 4.70. The third kappa shape index (κ3) is 3.41. The van der Waals surface area contributed by atoms with Crippen molar-refractivity contribution >= 4 is 0 Å². The molecule has 1 aliphatic rings. The number of hydrogen-bond donors (Lipinski definition) is 1. The quantitative estimate of drug-likeness (QED) is 0.870. The fourth-order valence-corrected chi connectivity index (χ4v) is 2.98. The van der Waals surface area contributed by atoms with E-state index in [1.807, 2.05) is 7.05 Å². The molecule has 1 aliphatic heterocycles. The van der Waals surface area contributed by atoms with Gasteiger partial charge in [-0.2, -0.15) is 5.10 Å². The van der Waals surface area contributed by atoms with E-state index in [-0.39, 0.29) is 5.60 Å². The summed E-state index contributed by atoms with van der Waals surface area (Å²) in [7, 11) is 2.03. The number of rotatable bonds is 6. The van der Waals surface area contributed by atoms with Crippen LogP contribution in [-0.2, 0) is 11.2 Å². The Hall–Kier alpha value is -0.870. The van der Waals surface area contributed by atoms with Gasteiger partial charge in [-0.1, -0.05) is 6.92 Å². The smallest absolute Gasteiger partial charge is 0.0810 e. The molecule has 3 unspecified atom stereocenters. The van der Waals surface area contributed by atoms with E-state index in [1.54, 1.807) is 0 Å². The first-order valence-electron chi connectivity index (χ1n) is 7.94. The number of nitrogens with zero attached hydrogens (tertiary/aromatic N) is 2. The van der Waals surface area contributed by atoms with Crippen molar-refractivity contribution in [2.75, 3.05) is 13.7 Å². The second-order valence-electron chi connectivity index (χ2n) is 6.21. The standard InChI is InChI=1S/C16H29N3O/c1-5-13(2)19-10-8-14(18-19)12-15(17-4)16(3)9-6-7-11-20-16/h8,10,13,15,17H,5-7,9,11-12H2,1-4H3. The fourth-order valence-electron chi connectivity index (χ4n) is 2.98. The molecule has 1 saturated heterocycles. The number of hydrogen-bond acceptors (Lipinski definition) is 3. The van der Waals surface area contributed by atoms with Gasteiger partial charge in [-0.25, -0.2) is 0 Å². The van der Waals surface area contributed by atoms with Gasteiger partial charge in [-0.3, -0.25) is 4.68 Å². The zero-order chi connectivity index (χ0) is 14.6. The molecule has 0 aromatic carbocycles. The van der Waals surface area contributed by atoms with Crippen LogP contribution in [0.15, 0.2) is 12.3 Å². The van der Waals surface area contributed by atoms with Crippen LogP contribution in [-0.4, -0.2) is 35.1 Å². The van der Waals surface area contributed by atoms with Gasteiger partial charge >= 0.3 is 0 Å². The van der Waals surface area contributed by atoms with Crippen LogP contribution in [0.5, 0.6) is 0 Å². The lowest BCUT2D eigenvalue weighted by Crippen LogP contribution is -2.52. The molecule has 2 rings (SSSR count). The number of nitrogens with one attached hydrogen (secondary N) is 1. The van der Waals surface area contributed by atoms with E-state index < -0.39 is 0 Å².